The first kappa shape index (κ1) is 18.8. The minimum absolute atomic E-state index is 0.00774. The minimum Gasteiger partial charge on any atom is -0.338 e. The average molecular weight is 403 g/mol. The summed E-state index contributed by atoms with van der Waals surface area (Å²) >= 11 is 0. The molecule has 2 heterocycles. The van der Waals surface area contributed by atoms with E-state index in [1.54, 1.807) is 0 Å². The van der Waals surface area contributed by atoms with E-state index in [2.05, 4.69) is 10.2 Å². The standard InChI is InChI=1S/C23H25N5O2/c24-23(10-3-11-23)22(30)28-14-12-27(13-15-28)21(29)17-8-6-16(7-9-17)20-18-4-1-2-5-19(18)25-26-20/h1-2,4-9H,3,10-15,24H2,(H,25,26). The summed E-state index contributed by atoms with van der Waals surface area (Å²) in [7, 11) is 0. The van der Waals surface area contributed by atoms with Crippen molar-refractivity contribution < 1.29 is 9.59 Å². The van der Waals surface area contributed by atoms with Crippen LogP contribution in [-0.4, -0.2) is 63.5 Å². The Hall–Kier alpha value is -3.19. The Labute approximate surface area is 174 Å². The van der Waals surface area contributed by atoms with Crippen LogP contribution < -0.4 is 5.73 Å². The number of benzene rings is 2. The molecule has 154 valence electrons. The molecule has 30 heavy (non-hydrogen) atoms. The largest absolute Gasteiger partial charge is 0.338 e. The van der Waals surface area contributed by atoms with Crippen LogP contribution in [0.5, 0.6) is 0 Å². The van der Waals surface area contributed by atoms with Crippen molar-refractivity contribution in [3.63, 3.8) is 0 Å². The van der Waals surface area contributed by atoms with Crippen molar-refractivity contribution in [2.75, 3.05) is 26.2 Å². The van der Waals surface area contributed by atoms with Gasteiger partial charge in [0.15, 0.2) is 0 Å². The van der Waals surface area contributed by atoms with Crippen molar-refractivity contribution in [3.05, 3.63) is 54.1 Å². The van der Waals surface area contributed by atoms with Crippen LogP contribution in [0.2, 0.25) is 0 Å². The number of piperazine rings is 1. The summed E-state index contributed by atoms with van der Waals surface area (Å²) in [4.78, 5) is 29.1. The molecule has 2 aliphatic rings. The number of nitrogens with two attached hydrogens (primary N) is 1. The third kappa shape index (κ3) is 3.15. The van der Waals surface area contributed by atoms with Gasteiger partial charge in [-0.25, -0.2) is 0 Å². The van der Waals surface area contributed by atoms with E-state index in [9.17, 15) is 9.59 Å². The number of hydrogen-bond donors (Lipinski definition) is 2. The molecule has 3 N–H and O–H groups in total. The fourth-order valence-electron chi connectivity index (χ4n) is 4.34. The van der Waals surface area contributed by atoms with Crippen LogP contribution in [0.1, 0.15) is 29.6 Å². The maximum atomic E-state index is 12.9. The highest BCUT2D eigenvalue weighted by atomic mass is 16.2. The number of aromatic nitrogens is 2. The number of rotatable bonds is 3. The zero-order valence-corrected chi connectivity index (χ0v) is 16.8. The lowest BCUT2D eigenvalue weighted by molar-refractivity contribution is -0.141. The van der Waals surface area contributed by atoms with Gasteiger partial charge in [-0.15, -0.1) is 0 Å². The molecule has 2 aromatic carbocycles. The third-order valence-corrected chi connectivity index (χ3v) is 6.40. The summed E-state index contributed by atoms with van der Waals surface area (Å²) < 4.78 is 0. The van der Waals surface area contributed by atoms with Gasteiger partial charge in [-0.05, 0) is 37.5 Å². The molecule has 0 unspecified atom stereocenters. The quantitative estimate of drug-likeness (QED) is 0.702. The molecule has 2 amide bonds. The van der Waals surface area contributed by atoms with E-state index in [0.717, 1.165) is 41.4 Å². The lowest BCUT2D eigenvalue weighted by Gasteiger charge is -2.43. The third-order valence-electron chi connectivity index (χ3n) is 6.40. The Balaban J connectivity index is 1.25. The molecule has 0 atom stereocenters. The highest BCUT2D eigenvalue weighted by Gasteiger charge is 2.43. The molecule has 2 fully saturated rings. The zero-order valence-electron chi connectivity index (χ0n) is 16.8. The lowest BCUT2D eigenvalue weighted by atomic mass is 9.76. The second kappa shape index (κ2) is 7.25. The summed E-state index contributed by atoms with van der Waals surface area (Å²) in [6, 6.07) is 15.5. The molecule has 0 bridgehead atoms. The van der Waals surface area contributed by atoms with Crippen molar-refractivity contribution in [3.8, 4) is 11.3 Å². The van der Waals surface area contributed by atoms with E-state index in [1.165, 1.54) is 0 Å². The first-order valence-corrected chi connectivity index (χ1v) is 10.5. The number of para-hydroxylation sites is 1. The average Bonchev–Trinajstić information content (AvgIpc) is 3.21. The van der Waals surface area contributed by atoms with E-state index in [0.29, 0.717) is 31.7 Å². The van der Waals surface area contributed by atoms with Crippen molar-refractivity contribution in [1.29, 1.82) is 0 Å². The van der Waals surface area contributed by atoms with Crippen molar-refractivity contribution in [2.24, 2.45) is 5.73 Å². The van der Waals surface area contributed by atoms with Crippen LogP contribution in [0.4, 0.5) is 0 Å². The fourth-order valence-corrected chi connectivity index (χ4v) is 4.34. The Kier molecular flexibility index (Phi) is 4.55. The number of amides is 2. The second-order valence-electron chi connectivity index (χ2n) is 8.29. The van der Waals surface area contributed by atoms with E-state index in [1.807, 2.05) is 58.3 Å². The zero-order chi connectivity index (χ0) is 20.7. The smallest absolute Gasteiger partial charge is 0.253 e. The first-order chi connectivity index (χ1) is 14.5. The minimum atomic E-state index is -0.668. The normalized spacial score (nSPS) is 18.3. The lowest BCUT2D eigenvalue weighted by Crippen LogP contribution is -2.62. The van der Waals surface area contributed by atoms with Gasteiger partial charge >= 0.3 is 0 Å². The molecule has 7 nitrogen and oxygen atoms in total. The topological polar surface area (TPSA) is 95.3 Å². The molecule has 1 aliphatic carbocycles. The Morgan fingerprint density at radius 1 is 0.933 bits per heavy atom. The molecular weight excluding hydrogens is 378 g/mol. The molecule has 1 aromatic heterocycles. The van der Waals surface area contributed by atoms with Gasteiger partial charge in [-0.3, -0.25) is 14.7 Å². The molecular formula is C23H25N5O2. The van der Waals surface area contributed by atoms with Crippen LogP contribution in [0, 0.1) is 0 Å². The van der Waals surface area contributed by atoms with Gasteiger partial charge in [0.1, 0.15) is 0 Å². The summed E-state index contributed by atoms with van der Waals surface area (Å²) in [6.07, 6.45) is 2.55. The number of hydrogen-bond acceptors (Lipinski definition) is 4. The fraction of sp³-hybridized carbons (Fsp3) is 0.348. The van der Waals surface area contributed by atoms with Crippen LogP contribution in [0.25, 0.3) is 22.2 Å². The van der Waals surface area contributed by atoms with Gasteiger partial charge in [0.2, 0.25) is 5.91 Å². The maximum Gasteiger partial charge on any atom is 0.253 e. The van der Waals surface area contributed by atoms with Gasteiger partial charge in [0.25, 0.3) is 5.91 Å². The van der Waals surface area contributed by atoms with E-state index in [4.69, 9.17) is 5.73 Å². The SMILES string of the molecule is NC1(C(=O)N2CCN(C(=O)c3ccc(-c4n[nH]c5ccccc45)cc3)CC2)CCC1. The van der Waals surface area contributed by atoms with Crippen molar-refractivity contribution in [1.82, 2.24) is 20.0 Å². The number of carbonyl (C=O) groups is 2. The number of H-pyrrole nitrogens is 1. The Morgan fingerprint density at radius 2 is 1.60 bits per heavy atom. The van der Waals surface area contributed by atoms with Crippen LogP contribution in [0.15, 0.2) is 48.5 Å². The monoisotopic (exact) mass is 403 g/mol. The van der Waals surface area contributed by atoms with Gasteiger partial charge < -0.3 is 15.5 Å². The molecule has 7 heteroatoms. The summed E-state index contributed by atoms with van der Waals surface area (Å²) in [6.45, 7) is 2.15. The molecule has 1 saturated carbocycles. The number of carbonyl (C=O) groups excluding carboxylic acids is 2. The molecule has 0 spiro atoms. The van der Waals surface area contributed by atoms with Crippen molar-refractivity contribution in [2.45, 2.75) is 24.8 Å². The number of aromatic amines is 1. The molecule has 0 radical (unpaired) electrons. The van der Waals surface area contributed by atoms with Crippen LogP contribution in [0.3, 0.4) is 0 Å². The highest BCUT2D eigenvalue weighted by Crippen LogP contribution is 2.31. The number of fused-ring (bicyclic) bond motifs is 1. The van der Waals surface area contributed by atoms with Gasteiger partial charge in [0.05, 0.1) is 16.7 Å². The van der Waals surface area contributed by atoms with Gasteiger partial charge in [-0.2, -0.15) is 5.10 Å². The number of nitrogens with zero attached hydrogens (tertiary/aromatic N) is 3. The van der Waals surface area contributed by atoms with Crippen LogP contribution in [-0.2, 0) is 4.79 Å². The van der Waals surface area contributed by atoms with Crippen molar-refractivity contribution >= 4 is 22.7 Å². The summed E-state index contributed by atoms with van der Waals surface area (Å²) in [5, 5.41) is 8.52. The maximum absolute atomic E-state index is 12.9. The summed E-state index contributed by atoms with van der Waals surface area (Å²) in [5.41, 5.74) is 8.98. The van der Waals surface area contributed by atoms with Gasteiger partial charge in [0, 0.05) is 42.7 Å². The predicted octanol–water partition coefficient (Wildman–Crippen LogP) is 2.40. The Morgan fingerprint density at radius 3 is 2.27 bits per heavy atom. The highest BCUT2D eigenvalue weighted by molar-refractivity contribution is 5.96. The summed E-state index contributed by atoms with van der Waals surface area (Å²) in [5.74, 6) is 0.0306. The van der Waals surface area contributed by atoms with Gasteiger partial charge in [-0.1, -0.05) is 30.3 Å². The second-order valence-corrected chi connectivity index (χ2v) is 8.29. The first-order valence-electron chi connectivity index (χ1n) is 10.5. The molecule has 1 aliphatic heterocycles. The van der Waals surface area contributed by atoms with Crippen LogP contribution >= 0.6 is 0 Å². The van der Waals surface area contributed by atoms with E-state index < -0.39 is 5.54 Å². The van der Waals surface area contributed by atoms with E-state index in [-0.39, 0.29) is 11.8 Å². The molecule has 3 aromatic rings. The van der Waals surface area contributed by atoms with E-state index >= 15 is 0 Å². The Bertz CT molecular complexity index is 1090. The molecule has 1 saturated heterocycles. The number of nitrogens with one attached hydrogen (secondary N) is 1. The predicted molar refractivity (Wildman–Crippen MR) is 115 cm³/mol. The molecule has 5 rings (SSSR count).